The minimum Gasteiger partial charge on any atom is -0.370 e. The Balaban J connectivity index is 2.08. The molecule has 9 heteroatoms. The molecule has 0 aliphatic heterocycles. The highest BCUT2D eigenvalue weighted by Crippen LogP contribution is 2.12. The maximum Gasteiger partial charge on any atom is 0.241 e. The Morgan fingerprint density at radius 1 is 1.35 bits per heavy atom. The molecule has 20 heavy (non-hydrogen) atoms. The smallest absolute Gasteiger partial charge is 0.241 e. The second kappa shape index (κ2) is 6.44. The minimum atomic E-state index is -3.64. The van der Waals surface area contributed by atoms with Gasteiger partial charge in [0, 0.05) is 18.8 Å². The van der Waals surface area contributed by atoms with Crippen LogP contribution in [0.2, 0.25) is 0 Å². The summed E-state index contributed by atoms with van der Waals surface area (Å²) in [6.45, 7) is 2.71. The topological polar surface area (TPSA) is 110 Å². The van der Waals surface area contributed by atoms with Gasteiger partial charge in [0.05, 0.1) is 11.4 Å². The number of nitrogens with zero attached hydrogens (tertiary/aromatic N) is 3. The van der Waals surface area contributed by atoms with Crippen molar-refractivity contribution in [1.29, 1.82) is 0 Å². The number of aromatic nitrogens is 3. The van der Waals surface area contributed by atoms with Crippen molar-refractivity contribution in [2.45, 2.75) is 24.8 Å². The van der Waals surface area contributed by atoms with E-state index in [9.17, 15) is 8.42 Å². The SMILES string of the molecule is CCCNc1cc(S(=O)(=O)NCc2ncon2)ccn1. The van der Waals surface area contributed by atoms with Crippen molar-refractivity contribution in [2.24, 2.45) is 0 Å². The van der Waals surface area contributed by atoms with Crippen LogP contribution < -0.4 is 10.0 Å². The summed E-state index contributed by atoms with van der Waals surface area (Å²) < 4.78 is 31.1. The van der Waals surface area contributed by atoms with Crippen molar-refractivity contribution >= 4 is 15.8 Å². The molecule has 8 nitrogen and oxygen atoms in total. The molecule has 2 rings (SSSR count). The molecule has 0 bridgehead atoms. The van der Waals surface area contributed by atoms with Crippen molar-refractivity contribution in [3.05, 3.63) is 30.5 Å². The molecule has 0 fully saturated rings. The molecule has 0 spiro atoms. The first-order valence-corrected chi connectivity index (χ1v) is 7.55. The second-order valence-electron chi connectivity index (χ2n) is 3.98. The number of hydrogen-bond donors (Lipinski definition) is 2. The lowest BCUT2D eigenvalue weighted by atomic mass is 10.4. The van der Waals surface area contributed by atoms with E-state index in [1.54, 1.807) is 0 Å². The first-order chi connectivity index (χ1) is 9.62. The first-order valence-electron chi connectivity index (χ1n) is 6.06. The van der Waals surface area contributed by atoms with E-state index in [0.717, 1.165) is 19.4 Å². The van der Waals surface area contributed by atoms with Gasteiger partial charge in [-0.15, -0.1) is 0 Å². The van der Waals surface area contributed by atoms with Crippen molar-refractivity contribution in [1.82, 2.24) is 19.8 Å². The van der Waals surface area contributed by atoms with E-state index in [2.05, 4.69) is 29.7 Å². The Hall–Kier alpha value is -2.00. The Labute approximate surface area is 116 Å². The molecular weight excluding hydrogens is 282 g/mol. The summed E-state index contributed by atoms with van der Waals surface area (Å²) in [6.07, 6.45) is 3.51. The van der Waals surface area contributed by atoms with Gasteiger partial charge in [-0.25, -0.2) is 18.1 Å². The van der Waals surface area contributed by atoms with Crippen molar-refractivity contribution in [3.8, 4) is 0 Å². The van der Waals surface area contributed by atoms with Gasteiger partial charge in [0.2, 0.25) is 16.4 Å². The number of anilines is 1. The van der Waals surface area contributed by atoms with E-state index >= 15 is 0 Å². The summed E-state index contributed by atoms with van der Waals surface area (Å²) in [5.74, 6) is 0.793. The zero-order valence-electron chi connectivity index (χ0n) is 10.9. The first kappa shape index (κ1) is 14.4. The quantitative estimate of drug-likeness (QED) is 0.776. The van der Waals surface area contributed by atoms with Gasteiger partial charge in [-0.3, -0.25) is 0 Å². The monoisotopic (exact) mass is 297 g/mol. The molecule has 0 saturated carbocycles. The second-order valence-corrected chi connectivity index (χ2v) is 5.74. The number of nitrogens with one attached hydrogen (secondary N) is 2. The lowest BCUT2D eigenvalue weighted by Gasteiger charge is -2.07. The minimum absolute atomic E-state index is 0.0289. The van der Waals surface area contributed by atoms with Crippen LogP contribution in [0.5, 0.6) is 0 Å². The largest absolute Gasteiger partial charge is 0.370 e. The van der Waals surface area contributed by atoms with Crippen molar-refractivity contribution < 1.29 is 12.9 Å². The van der Waals surface area contributed by atoms with E-state index in [1.165, 1.54) is 18.3 Å². The molecule has 0 amide bonds. The van der Waals surface area contributed by atoms with Crippen LogP contribution in [0.3, 0.4) is 0 Å². The summed E-state index contributed by atoms with van der Waals surface area (Å²) in [5.41, 5.74) is 0. The Kier molecular flexibility index (Phi) is 4.64. The molecular formula is C11H15N5O3S. The summed E-state index contributed by atoms with van der Waals surface area (Å²) in [6, 6.07) is 2.91. The molecule has 0 atom stereocenters. The third-order valence-electron chi connectivity index (χ3n) is 2.43. The number of rotatable bonds is 7. The Morgan fingerprint density at radius 3 is 2.90 bits per heavy atom. The Morgan fingerprint density at radius 2 is 2.20 bits per heavy atom. The van der Waals surface area contributed by atoms with Crippen molar-refractivity contribution in [3.63, 3.8) is 0 Å². The number of hydrogen-bond acceptors (Lipinski definition) is 7. The van der Waals surface area contributed by atoms with Crippen LogP contribution in [0.15, 0.2) is 34.1 Å². The summed E-state index contributed by atoms with van der Waals surface area (Å²) in [7, 11) is -3.64. The zero-order chi connectivity index (χ0) is 14.4. The predicted molar refractivity (Wildman–Crippen MR) is 71.3 cm³/mol. The third-order valence-corrected chi connectivity index (χ3v) is 3.82. The highest BCUT2D eigenvalue weighted by atomic mass is 32.2. The summed E-state index contributed by atoms with van der Waals surface area (Å²) in [5, 5.41) is 6.57. The Bertz CT molecular complexity index is 642. The van der Waals surface area contributed by atoms with Gasteiger partial charge in [0.25, 0.3) is 0 Å². The maximum atomic E-state index is 12.1. The molecule has 0 unspecified atom stereocenters. The molecule has 0 radical (unpaired) electrons. The average molecular weight is 297 g/mol. The summed E-state index contributed by atoms with van der Waals surface area (Å²) in [4.78, 5) is 7.93. The van der Waals surface area contributed by atoms with Crippen LogP contribution in [0.25, 0.3) is 0 Å². The van der Waals surface area contributed by atoms with Gasteiger partial charge in [-0.2, -0.15) is 4.98 Å². The maximum absolute atomic E-state index is 12.1. The third kappa shape index (κ3) is 3.75. The van der Waals surface area contributed by atoms with E-state index in [-0.39, 0.29) is 17.3 Å². The molecule has 108 valence electrons. The summed E-state index contributed by atoms with van der Waals surface area (Å²) >= 11 is 0. The zero-order valence-corrected chi connectivity index (χ0v) is 11.7. The van der Waals surface area contributed by atoms with Crippen LogP contribution in [0.4, 0.5) is 5.82 Å². The molecule has 2 heterocycles. The lowest BCUT2D eigenvalue weighted by Crippen LogP contribution is -2.24. The molecule has 2 N–H and O–H groups in total. The fraction of sp³-hybridized carbons (Fsp3) is 0.364. The van der Waals surface area contributed by atoms with Crippen LogP contribution in [-0.2, 0) is 16.6 Å². The lowest BCUT2D eigenvalue weighted by molar-refractivity contribution is 0.409. The molecule has 0 aliphatic carbocycles. The van der Waals surface area contributed by atoms with Crippen LogP contribution >= 0.6 is 0 Å². The van der Waals surface area contributed by atoms with E-state index in [4.69, 9.17) is 0 Å². The van der Waals surface area contributed by atoms with Gasteiger partial charge in [-0.05, 0) is 12.5 Å². The predicted octanol–water partition coefficient (Wildman–Crippen LogP) is 0.765. The molecule has 0 aromatic carbocycles. The average Bonchev–Trinajstić information content (AvgIpc) is 2.97. The van der Waals surface area contributed by atoms with Gasteiger partial charge in [0.15, 0.2) is 5.82 Å². The van der Waals surface area contributed by atoms with Crippen LogP contribution in [0.1, 0.15) is 19.2 Å². The van der Waals surface area contributed by atoms with Crippen LogP contribution in [0, 0.1) is 0 Å². The van der Waals surface area contributed by atoms with E-state index in [1.807, 2.05) is 6.92 Å². The highest BCUT2D eigenvalue weighted by molar-refractivity contribution is 7.89. The van der Waals surface area contributed by atoms with Gasteiger partial charge >= 0.3 is 0 Å². The fourth-order valence-electron chi connectivity index (χ4n) is 1.44. The highest BCUT2D eigenvalue weighted by Gasteiger charge is 2.15. The van der Waals surface area contributed by atoms with Crippen LogP contribution in [-0.4, -0.2) is 30.1 Å². The van der Waals surface area contributed by atoms with E-state index in [0.29, 0.717) is 5.82 Å². The van der Waals surface area contributed by atoms with Crippen molar-refractivity contribution in [2.75, 3.05) is 11.9 Å². The fourth-order valence-corrected chi connectivity index (χ4v) is 2.43. The van der Waals surface area contributed by atoms with Gasteiger partial charge < -0.3 is 9.84 Å². The number of sulfonamides is 1. The molecule has 2 aromatic rings. The van der Waals surface area contributed by atoms with Gasteiger partial charge in [-0.1, -0.05) is 12.1 Å². The van der Waals surface area contributed by atoms with Gasteiger partial charge in [0.1, 0.15) is 5.82 Å². The molecule has 2 aromatic heterocycles. The normalized spacial score (nSPS) is 11.4. The molecule has 0 aliphatic rings. The number of pyridine rings is 1. The van der Waals surface area contributed by atoms with E-state index < -0.39 is 10.0 Å². The molecule has 0 saturated heterocycles. The standard InChI is InChI=1S/C11H15N5O3S/c1-2-4-12-10-6-9(3-5-13-10)20(17,18)15-7-11-14-8-19-16-11/h3,5-6,8,15H,2,4,7H2,1H3,(H,12,13).